The number of hydrogen-bond donors (Lipinski definition) is 0. The maximum absolute atomic E-state index is 11.9. The molecule has 0 spiro atoms. The Morgan fingerprint density at radius 1 is 1.17 bits per heavy atom. The van der Waals surface area contributed by atoms with Crippen LogP contribution in [0.3, 0.4) is 0 Å². The zero-order valence-electron chi connectivity index (χ0n) is 9.79. The summed E-state index contributed by atoms with van der Waals surface area (Å²) in [6, 6.07) is 10.1. The minimum absolute atomic E-state index is 0.239. The van der Waals surface area contributed by atoms with Gasteiger partial charge in [0.2, 0.25) is 0 Å². The fourth-order valence-electron chi connectivity index (χ4n) is 1.51. The normalized spacial score (nSPS) is 11.4. The number of Topliss-reactive ketones (excluding diaryl/α,β-unsaturated/α-hetero) is 1. The molecule has 2 rings (SSSR count). The molecule has 1 aromatic heterocycles. The van der Waals surface area contributed by atoms with Crippen molar-refractivity contribution in [3.05, 3.63) is 52.9 Å². The molecule has 0 unspecified atom stereocenters. The van der Waals surface area contributed by atoms with E-state index in [1.807, 2.05) is 6.92 Å². The zero-order valence-corrected chi connectivity index (χ0v) is 11.4. The summed E-state index contributed by atoms with van der Waals surface area (Å²) in [5.41, 5.74) is 1.47. The molecule has 0 aliphatic rings. The quantitative estimate of drug-likeness (QED) is 0.809. The summed E-state index contributed by atoms with van der Waals surface area (Å²) in [4.78, 5) is 11.9. The van der Waals surface area contributed by atoms with Gasteiger partial charge in [-0.25, -0.2) is 8.42 Å². The molecule has 0 N–H and O–H groups in total. The molecule has 1 aromatic carbocycles. The molecular formula is C13H12O3S2. The van der Waals surface area contributed by atoms with Gasteiger partial charge in [0, 0.05) is 5.56 Å². The maximum Gasteiger partial charge on any atom is 0.195 e. The van der Waals surface area contributed by atoms with E-state index in [1.165, 1.54) is 6.07 Å². The van der Waals surface area contributed by atoms with Crippen LogP contribution in [-0.2, 0) is 9.84 Å². The molecule has 0 radical (unpaired) electrons. The molecule has 3 nitrogen and oxygen atoms in total. The number of hydrogen-bond acceptors (Lipinski definition) is 4. The highest BCUT2D eigenvalue weighted by atomic mass is 32.2. The molecule has 0 aliphatic heterocycles. The van der Waals surface area contributed by atoms with E-state index < -0.39 is 15.6 Å². The van der Waals surface area contributed by atoms with Gasteiger partial charge in [-0.3, -0.25) is 4.79 Å². The SMILES string of the molecule is Cc1ccc(C(=O)CS(=O)(=O)c2cccs2)cc1. The lowest BCUT2D eigenvalue weighted by molar-refractivity contribution is 0.102. The van der Waals surface area contributed by atoms with Crippen molar-refractivity contribution in [3.63, 3.8) is 0 Å². The van der Waals surface area contributed by atoms with Gasteiger partial charge in [0.15, 0.2) is 15.6 Å². The monoisotopic (exact) mass is 280 g/mol. The topological polar surface area (TPSA) is 51.2 Å². The van der Waals surface area contributed by atoms with Crippen LogP contribution >= 0.6 is 11.3 Å². The Bertz CT molecular complexity index is 638. The van der Waals surface area contributed by atoms with E-state index in [4.69, 9.17) is 0 Å². The number of aryl methyl sites for hydroxylation is 1. The maximum atomic E-state index is 11.9. The van der Waals surface area contributed by atoms with E-state index in [0.29, 0.717) is 5.56 Å². The van der Waals surface area contributed by atoms with Gasteiger partial charge < -0.3 is 0 Å². The standard InChI is InChI=1S/C13H12O3S2/c1-10-4-6-11(7-5-10)12(14)9-18(15,16)13-3-2-8-17-13/h2-8H,9H2,1H3. The molecule has 0 aliphatic carbocycles. The number of sulfone groups is 1. The Kier molecular flexibility index (Phi) is 3.63. The average Bonchev–Trinajstić information content (AvgIpc) is 2.83. The smallest absolute Gasteiger partial charge is 0.195 e. The second kappa shape index (κ2) is 5.04. The summed E-state index contributed by atoms with van der Waals surface area (Å²) < 4.78 is 24.1. The third kappa shape index (κ3) is 2.86. The predicted molar refractivity (Wildman–Crippen MR) is 71.9 cm³/mol. The first-order valence-electron chi connectivity index (χ1n) is 5.35. The molecule has 0 saturated heterocycles. The summed E-state index contributed by atoms with van der Waals surface area (Å²) in [5.74, 6) is -0.847. The van der Waals surface area contributed by atoms with Crippen LogP contribution in [0.5, 0.6) is 0 Å². The van der Waals surface area contributed by atoms with Crippen LogP contribution in [0.4, 0.5) is 0 Å². The van der Waals surface area contributed by atoms with Gasteiger partial charge >= 0.3 is 0 Å². The van der Waals surface area contributed by atoms with E-state index in [-0.39, 0.29) is 9.99 Å². The lowest BCUT2D eigenvalue weighted by atomic mass is 10.1. The van der Waals surface area contributed by atoms with Crippen LogP contribution in [0.1, 0.15) is 15.9 Å². The number of benzene rings is 1. The molecule has 1 heterocycles. The van der Waals surface area contributed by atoms with E-state index in [1.54, 1.807) is 35.7 Å². The fourth-order valence-corrected chi connectivity index (χ4v) is 3.83. The molecule has 0 amide bonds. The molecule has 2 aromatic rings. The highest BCUT2D eigenvalue weighted by Gasteiger charge is 2.21. The molecular weight excluding hydrogens is 268 g/mol. The first-order valence-corrected chi connectivity index (χ1v) is 7.88. The number of rotatable bonds is 4. The Morgan fingerprint density at radius 3 is 2.39 bits per heavy atom. The van der Waals surface area contributed by atoms with E-state index >= 15 is 0 Å². The van der Waals surface area contributed by atoms with Crippen molar-refractivity contribution in [2.45, 2.75) is 11.1 Å². The van der Waals surface area contributed by atoms with Crippen molar-refractivity contribution in [2.24, 2.45) is 0 Å². The molecule has 5 heteroatoms. The summed E-state index contributed by atoms with van der Waals surface area (Å²) in [6.45, 7) is 1.91. The summed E-state index contributed by atoms with van der Waals surface area (Å²) in [7, 11) is -3.51. The van der Waals surface area contributed by atoms with Crippen molar-refractivity contribution >= 4 is 27.0 Å². The Balaban J connectivity index is 2.20. The lowest BCUT2D eigenvalue weighted by Crippen LogP contribution is -2.15. The van der Waals surface area contributed by atoms with Crippen LogP contribution < -0.4 is 0 Å². The minimum atomic E-state index is -3.51. The second-order valence-corrected chi connectivity index (χ2v) is 7.14. The van der Waals surface area contributed by atoms with E-state index in [9.17, 15) is 13.2 Å². The molecule has 0 atom stereocenters. The summed E-state index contributed by atoms with van der Waals surface area (Å²) >= 11 is 1.13. The van der Waals surface area contributed by atoms with Crippen molar-refractivity contribution < 1.29 is 13.2 Å². The Hall–Kier alpha value is -1.46. The third-order valence-electron chi connectivity index (χ3n) is 2.50. The van der Waals surface area contributed by atoms with E-state index in [0.717, 1.165) is 16.9 Å². The number of carbonyl (C=O) groups is 1. The average molecular weight is 280 g/mol. The van der Waals surface area contributed by atoms with E-state index in [2.05, 4.69) is 0 Å². The van der Waals surface area contributed by atoms with Crippen molar-refractivity contribution in [3.8, 4) is 0 Å². The van der Waals surface area contributed by atoms with Crippen LogP contribution in [-0.4, -0.2) is 20.0 Å². The molecule has 94 valence electrons. The molecule has 18 heavy (non-hydrogen) atoms. The fraction of sp³-hybridized carbons (Fsp3) is 0.154. The van der Waals surface area contributed by atoms with Crippen LogP contribution in [0.15, 0.2) is 46.0 Å². The van der Waals surface area contributed by atoms with Crippen LogP contribution in [0.25, 0.3) is 0 Å². The van der Waals surface area contributed by atoms with Gasteiger partial charge in [0.25, 0.3) is 0 Å². The zero-order chi connectivity index (χ0) is 13.2. The Morgan fingerprint density at radius 2 is 1.83 bits per heavy atom. The van der Waals surface area contributed by atoms with Gasteiger partial charge in [-0.1, -0.05) is 35.9 Å². The largest absolute Gasteiger partial charge is 0.293 e. The highest BCUT2D eigenvalue weighted by Crippen LogP contribution is 2.18. The molecule has 0 fully saturated rings. The minimum Gasteiger partial charge on any atom is -0.293 e. The summed E-state index contributed by atoms with van der Waals surface area (Å²) in [6.07, 6.45) is 0. The molecule has 0 bridgehead atoms. The second-order valence-electron chi connectivity index (χ2n) is 3.98. The number of ketones is 1. The van der Waals surface area contributed by atoms with Crippen molar-refractivity contribution in [1.82, 2.24) is 0 Å². The van der Waals surface area contributed by atoms with Gasteiger partial charge in [-0.15, -0.1) is 11.3 Å². The van der Waals surface area contributed by atoms with Gasteiger partial charge in [-0.2, -0.15) is 0 Å². The van der Waals surface area contributed by atoms with Crippen LogP contribution in [0, 0.1) is 6.92 Å². The van der Waals surface area contributed by atoms with Gasteiger partial charge in [0.05, 0.1) is 0 Å². The number of carbonyl (C=O) groups excluding carboxylic acids is 1. The summed E-state index contributed by atoms with van der Waals surface area (Å²) in [5, 5.41) is 1.68. The first-order chi connectivity index (χ1) is 8.49. The van der Waals surface area contributed by atoms with Crippen LogP contribution in [0.2, 0.25) is 0 Å². The van der Waals surface area contributed by atoms with Crippen molar-refractivity contribution in [2.75, 3.05) is 5.75 Å². The lowest BCUT2D eigenvalue weighted by Gasteiger charge is -2.02. The Labute approximate surface area is 110 Å². The van der Waals surface area contributed by atoms with Gasteiger partial charge in [-0.05, 0) is 18.4 Å². The third-order valence-corrected chi connectivity index (χ3v) is 5.60. The highest BCUT2D eigenvalue weighted by molar-refractivity contribution is 7.94. The number of thiophene rings is 1. The van der Waals surface area contributed by atoms with Gasteiger partial charge in [0.1, 0.15) is 9.96 Å². The van der Waals surface area contributed by atoms with Crippen molar-refractivity contribution in [1.29, 1.82) is 0 Å². The molecule has 0 saturated carbocycles. The predicted octanol–water partition coefficient (Wildman–Crippen LogP) is 2.71. The first kappa shape index (κ1) is 13.0.